The highest BCUT2D eigenvalue weighted by Gasteiger charge is 2.21. The van der Waals surface area contributed by atoms with Crippen LogP contribution in [0.25, 0.3) is 0 Å². The van der Waals surface area contributed by atoms with Gasteiger partial charge in [0.05, 0.1) is 5.75 Å². The number of likely N-dealkylation sites (tertiary alicyclic amines) is 1. The highest BCUT2D eigenvalue weighted by molar-refractivity contribution is 7.79. The molecule has 2 unspecified atom stereocenters. The Kier molecular flexibility index (Phi) is 3.42. The lowest BCUT2D eigenvalue weighted by Gasteiger charge is -2.11. The van der Waals surface area contributed by atoms with E-state index >= 15 is 0 Å². The maximum absolute atomic E-state index is 12.5. The second-order valence-corrected chi connectivity index (χ2v) is 3.76. The molecule has 0 spiro atoms. The molecule has 1 N–H and O–H groups in total. The van der Waals surface area contributed by atoms with Crippen molar-refractivity contribution in [3.8, 4) is 0 Å². The zero-order chi connectivity index (χ0) is 8.27. The summed E-state index contributed by atoms with van der Waals surface area (Å²) >= 11 is -1.74. The van der Waals surface area contributed by atoms with E-state index in [0.717, 1.165) is 6.54 Å². The molecule has 3 nitrogen and oxygen atoms in total. The van der Waals surface area contributed by atoms with E-state index in [1.165, 1.54) is 0 Å². The molecule has 11 heavy (non-hydrogen) atoms. The van der Waals surface area contributed by atoms with Gasteiger partial charge in [0.2, 0.25) is 0 Å². The molecule has 5 heteroatoms. The summed E-state index contributed by atoms with van der Waals surface area (Å²) < 4.78 is 31.2. The summed E-state index contributed by atoms with van der Waals surface area (Å²) in [5.74, 6) is 0.229. The predicted octanol–water partition coefficient (Wildman–Crippen LogP) is 0.252. The summed E-state index contributed by atoms with van der Waals surface area (Å²) in [6.07, 6.45) is -0.167. The molecule has 1 fully saturated rings. The molecule has 0 aromatic carbocycles. The first kappa shape index (κ1) is 9.09. The fourth-order valence-corrected chi connectivity index (χ4v) is 1.61. The van der Waals surface area contributed by atoms with Gasteiger partial charge in [-0.1, -0.05) is 0 Å². The van der Waals surface area contributed by atoms with E-state index in [1.807, 2.05) is 4.90 Å². The highest BCUT2D eigenvalue weighted by Crippen LogP contribution is 2.11. The summed E-state index contributed by atoms with van der Waals surface area (Å²) in [4.78, 5) is 1.87. The third-order valence-corrected chi connectivity index (χ3v) is 2.33. The van der Waals surface area contributed by atoms with Crippen LogP contribution in [0.2, 0.25) is 0 Å². The normalized spacial score (nSPS) is 29.1. The second-order valence-electron chi connectivity index (χ2n) is 2.71. The molecular weight excluding hydrogens is 169 g/mol. The Morgan fingerprint density at radius 1 is 1.73 bits per heavy atom. The van der Waals surface area contributed by atoms with Gasteiger partial charge >= 0.3 is 0 Å². The summed E-state index contributed by atoms with van der Waals surface area (Å²) in [5.41, 5.74) is 0. The lowest BCUT2D eigenvalue weighted by Crippen LogP contribution is -2.25. The van der Waals surface area contributed by atoms with Crippen LogP contribution in [0, 0.1) is 0 Å². The Hall–Kier alpha value is -0.0000000000000000555. The number of halogens is 1. The lowest BCUT2D eigenvalue weighted by atomic mass is 10.3. The van der Waals surface area contributed by atoms with Crippen LogP contribution in [0.4, 0.5) is 4.39 Å². The van der Waals surface area contributed by atoms with Crippen molar-refractivity contribution in [2.75, 3.05) is 25.4 Å². The monoisotopic (exact) mass is 181 g/mol. The zero-order valence-corrected chi connectivity index (χ0v) is 7.02. The molecule has 1 saturated heterocycles. The SMILES string of the molecule is O=S(O)CCN1CCC(F)C1. The Labute approximate surface area is 67.9 Å². The van der Waals surface area contributed by atoms with E-state index in [4.69, 9.17) is 4.55 Å². The van der Waals surface area contributed by atoms with Gasteiger partial charge in [-0.2, -0.15) is 0 Å². The molecule has 1 aliphatic heterocycles. The van der Waals surface area contributed by atoms with Crippen LogP contribution in [0.3, 0.4) is 0 Å². The van der Waals surface area contributed by atoms with Gasteiger partial charge in [0.1, 0.15) is 6.17 Å². The van der Waals surface area contributed by atoms with Crippen LogP contribution in [-0.2, 0) is 11.1 Å². The predicted molar refractivity (Wildman–Crippen MR) is 41.6 cm³/mol. The number of nitrogens with zero attached hydrogens (tertiary/aromatic N) is 1. The van der Waals surface area contributed by atoms with Crippen molar-refractivity contribution in [2.24, 2.45) is 0 Å². The average Bonchev–Trinajstić information content (AvgIpc) is 2.31. The van der Waals surface area contributed by atoms with E-state index in [2.05, 4.69) is 0 Å². The van der Waals surface area contributed by atoms with Crippen molar-refractivity contribution in [1.82, 2.24) is 4.90 Å². The second kappa shape index (κ2) is 4.13. The topological polar surface area (TPSA) is 40.5 Å². The maximum atomic E-state index is 12.5. The first-order valence-corrected chi connectivity index (χ1v) is 4.90. The van der Waals surface area contributed by atoms with E-state index in [1.54, 1.807) is 0 Å². The van der Waals surface area contributed by atoms with Crippen LogP contribution in [0.5, 0.6) is 0 Å². The first-order valence-electron chi connectivity index (χ1n) is 3.62. The molecule has 66 valence electrons. The van der Waals surface area contributed by atoms with Crippen LogP contribution in [-0.4, -0.2) is 45.2 Å². The van der Waals surface area contributed by atoms with Gasteiger partial charge in [0.25, 0.3) is 0 Å². The summed E-state index contributed by atoms with van der Waals surface area (Å²) in [6.45, 7) is 1.68. The molecule has 0 aliphatic carbocycles. The molecule has 1 rings (SSSR count). The summed E-state index contributed by atoms with van der Waals surface area (Å²) in [7, 11) is 0. The molecule has 0 aromatic rings. The smallest absolute Gasteiger partial charge is 0.154 e. The van der Waals surface area contributed by atoms with Gasteiger partial charge < -0.3 is 4.55 Å². The third-order valence-electron chi connectivity index (χ3n) is 1.80. The Morgan fingerprint density at radius 2 is 2.45 bits per heavy atom. The number of rotatable bonds is 3. The van der Waals surface area contributed by atoms with Crippen molar-refractivity contribution in [3.63, 3.8) is 0 Å². The zero-order valence-electron chi connectivity index (χ0n) is 6.20. The molecule has 0 radical (unpaired) electrons. The third kappa shape index (κ3) is 3.27. The molecule has 2 atom stereocenters. The standard InChI is InChI=1S/C6H12FNO2S/c7-6-1-2-8(5-6)3-4-11(9)10/h6H,1-5H2,(H,9,10). The number of alkyl halides is 1. The summed E-state index contributed by atoms with van der Waals surface area (Å²) in [6, 6.07) is 0. The Bertz CT molecular complexity index is 156. The van der Waals surface area contributed by atoms with E-state index in [0.29, 0.717) is 19.5 Å². The Balaban J connectivity index is 2.13. The minimum absolute atomic E-state index is 0.229. The Morgan fingerprint density at radius 3 is 2.91 bits per heavy atom. The van der Waals surface area contributed by atoms with Crippen LogP contribution >= 0.6 is 0 Å². The molecule has 0 saturated carbocycles. The van der Waals surface area contributed by atoms with Crippen molar-refractivity contribution in [2.45, 2.75) is 12.6 Å². The molecule has 1 heterocycles. The van der Waals surface area contributed by atoms with Gasteiger partial charge in [-0.05, 0) is 6.42 Å². The van der Waals surface area contributed by atoms with Crippen LogP contribution < -0.4 is 0 Å². The van der Waals surface area contributed by atoms with Crippen LogP contribution in [0.1, 0.15) is 6.42 Å². The average molecular weight is 181 g/mol. The van der Waals surface area contributed by atoms with Gasteiger partial charge in [0.15, 0.2) is 11.1 Å². The van der Waals surface area contributed by atoms with Gasteiger partial charge in [-0.15, -0.1) is 0 Å². The summed E-state index contributed by atoms with van der Waals surface area (Å²) in [5, 5.41) is 0. The van der Waals surface area contributed by atoms with Gasteiger partial charge in [-0.3, -0.25) is 4.90 Å². The van der Waals surface area contributed by atoms with Crippen LogP contribution in [0.15, 0.2) is 0 Å². The van der Waals surface area contributed by atoms with E-state index < -0.39 is 17.3 Å². The fraction of sp³-hybridized carbons (Fsp3) is 1.00. The van der Waals surface area contributed by atoms with Gasteiger partial charge in [0, 0.05) is 19.6 Å². The number of hydrogen-bond donors (Lipinski definition) is 1. The lowest BCUT2D eigenvalue weighted by molar-refractivity contribution is 0.298. The quantitative estimate of drug-likeness (QED) is 0.635. The minimum Gasteiger partial charge on any atom is -0.306 e. The van der Waals surface area contributed by atoms with E-state index in [9.17, 15) is 8.60 Å². The largest absolute Gasteiger partial charge is 0.306 e. The molecule has 0 amide bonds. The molecule has 1 aliphatic rings. The maximum Gasteiger partial charge on any atom is 0.154 e. The van der Waals surface area contributed by atoms with Crippen molar-refractivity contribution >= 4 is 11.1 Å². The highest BCUT2D eigenvalue weighted by atomic mass is 32.2. The van der Waals surface area contributed by atoms with Crippen molar-refractivity contribution in [3.05, 3.63) is 0 Å². The fourth-order valence-electron chi connectivity index (χ4n) is 1.20. The molecule has 0 aromatic heterocycles. The molecular formula is C6H12FNO2S. The minimum atomic E-state index is -1.74. The first-order chi connectivity index (χ1) is 5.18. The van der Waals surface area contributed by atoms with E-state index in [-0.39, 0.29) is 5.75 Å². The van der Waals surface area contributed by atoms with Crippen molar-refractivity contribution < 1.29 is 13.2 Å². The van der Waals surface area contributed by atoms with Crippen molar-refractivity contribution in [1.29, 1.82) is 0 Å². The molecule has 0 bridgehead atoms. The number of hydrogen-bond acceptors (Lipinski definition) is 2. The van der Waals surface area contributed by atoms with Gasteiger partial charge in [-0.25, -0.2) is 8.60 Å².